The van der Waals surface area contributed by atoms with E-state index >= 15 is 0 Å². The van der Waals surface area contributed by atoms with Gasteiger partial charge in [-0.05, 0) is 56.2 Å². The molecule has 0 atom stereocenters. The number of nitrogens with one attached hydrogen (secondary N) is 1. The van der Waals surface area contributed by atoms with Gasteiger partial charge in [-0.3, -0.25) is 4.79 Å². The van der Waals surface area contributed by atoms with Crippen LogP contribution >= 0.6 is 12.4 Å². The summed E-state index contributed by atoms with van der Waals surface area (Å²) in [6.07, 6.45) is 3.68. The Kier molecular flexibility index (Phi) is 5.76. The van der Waals surface area contributed by atoms with Crippen LogP contribution in [0.4, 0.5) is 11.4 Å². The van der Waals surface area contributed by atoms with E-state index in [1.54, 1.807) is 18.3 Å². The number of fused-ring (bicyclic) bond motifs is 1. The van der Waals surface area contributed by atoms with Crippen LogP contribution in [0, 0.1) is 18.3 Å². The summed E-state index contributed by atoms with van der Waals surface area (Å²) in [5.74, 6) is -0.0152. The molecule has 1 aliphatic rings. The minimum absolute atomic E-state index is 0. The summed E-state index contributed by atoms with van der Waals surface area (Å²) in [7, 11) is 0. The fourth-order valence-electron chi connectivity index (χ4n) is 3.33. The average Bonchev–Trinajstić information content (AvgIpc) is 3.23. The van der Waals surface area contributed by atoms with E-state index in [9.17, 15) is 4.79 Å². The lowest BCUT2D eigenvalue weighted by Gasteiger charge is -2.19. The van der Waals surface area contributed by atoms with Gasteiger partial charge in [0, 0.05) is 36.1 Å². The fourth-order valence-corrected chi connectivity index (χ4v) is 3.33. The number of pyridine rings is 2. The van der Waals surface area contributed by atoms with Crippen molar-refractivity contribution in [3.8, 4) is 6.07 Å². The maximum Gasteiger partial charge on any atom is 0.257 e. The largest absolute Gasteiger partial charge is 0.354 e. The minimum atomic E-state index is -0.0152. The molecule has 1 N–H and O–H groups in total. The van der Waals surface area contributed by atoms with E-state index in [-0.39, 0.29) is 18.3 Å². The van der Waals surface area contributed by atoms with Crippen LogP contribution in [0.3, 0.4) is 0 Å². The molecule has 0 spiro atoms. The van der Waals surface area contributed by atoms with Crippen molar-refractivity contribution in [3.05, 3.63) is 59.4 Å². The zero-order valence-corrected chi connectivity index (χ0v) is 16.3. The molecule has 4 rings (SSSR count). The number of amides is 1. The van der Waals surface area contributed by atoms with E-state index in [2.05, 4.69) is 21.4 Å². The van der Waals surface area contributed by atoms with Gasteiger partial charge < -0.3 is 10.2 Å². The van der Waals surface area contributed by atoms with E-state index < -0.39 is 0 Å². The number of nitriles is 1. The second kappa shape index (κ2) is 8.24. The Morgan fingerprint density at radius 2 is 1.86 bits per heavy atom. The third kappa shape index (κ3) is 3.75. The van der Waals surface area contributed by atoms with E-state index in [4.69, 9.17) is 5.26 Å². The summed E-state index contributed by atoms with van der Waals surface area (Å²) in [4.78, 5) is 23.8. The number of aryl methyl sites for hydroxylation is 1. The number of anilines is 2. The van der Waals surface area contributed by atoms with Gasteiger partial charge in [0.15, 0.2) is 5.65 Å². The molecule has 1 amide bonds. The summed E-state index contributed by atoms with van der Waals surface area (Å²) < 4.78 is 0. The van der Waals surface area contributed by atoms with Gasteiger partial charge >= 0.3 is 0 Å². The smallest absolute Gasteiger partial charge is 0.257 e. The molecule has 0 bridgehead atoms. The number of carbonyl (C=O) groups is 1. The number of carbonyl (C=O) groups excluding carboxylic acids is 1. The van der Waals surface area contributed by atoms with Crippen molar-refractivity contribution in [2.75, 3.05) is 18.4 Å². The quantitative estimate of drug-likeness (QED) is 0.720. The van der Waals surface area contributed by atoms with Gasteiger partial charge in [-0.2, -0.15) is 5.26 Å². The zero-order valence-electron chi connectivity index (χ0n) is 15.5. The van der Waals surface area contributed by atoms with Gasteiger partial charge in [-0.25, -0.2) is 9.97 Å². The number of likely N-dealkylation sites (tertiary alicyclic amines) is 1. The first kappa shape index (κ1) is 19.6. The van der Waals surface area contributed by atoms with Crippen molar-refractivity contribution in [1.82, 2.24) is 14.9 Å². The molecule has 2 aromatic heterocycles. The molecule has 1 aromatic carbocycles. The minimum Gasteiger partial charge on any atom is -0.354 e. The van der Waals surface area contributed by atoms with Crippen molar-refractivity contribution in [3.63, 3.8) is 0 Å². The molecule has 1 saturated heterocycles. The summed E-state index contributed by atoms with van der Waals surface area (Å²) in [5, 5.41) is 13.1. The standard InChI is InChI=1S/C21H19N5O.ClH/c1-14-4-9-17-19(25-16-7-5-15(12-22)6-8-16)18(13-23-20(17)24-14)21(27)26-10-2-3-11-26;/h4-9,13H,2-3,10-11H2,1H3,(H,23,24,25);1H. The molecule has 28 heavy (non-hydrogen) atoms. The second-order valence-corrected chi connectivity index (χ2v) is 6.68. The lowest BCUT2D eigenvalue weighted by molar-refractivity contribution is 0.0793. The highest BCUT2D eigenvalue weighted by Gasteiger charge is 2.24. The first-order valence-corrected chi connectivity index (χ1v) is 8.98. The predicted molar refractivity (Wildman–Crippen MR) is 111 cm³/mol. The molecule has 0 aliphatic carbocycles. The molecule has 142 valence electrons. The normalized spacial score (nSPS) is 13.1. The Morgan fingerprint density at radius 1 is 1.14 bits per heavy atom. The van der Waals surface area contributed by atoms with E-state index in [0.29, 0.717) is 22.5 Å². The van der Waals surface area contributed by atoms with E-state index in [1.165, 1.54) is 0 Å². The Labute approximate surface area is 169 Å². The number of aromatic nitrogens is 2. The molecular formula is C21H20ClN5O. The first-order chi connectivity index (χ1) is 13.2. The Bertz CT molecular complexity index is 1050. The molecular weight excluding hydrogens is 374 g/mol. The Balaban J connectivity index is 0.00000225. The molecule has 0 radical (unpaired) electrons. The highest BCUT2D eigenvalue weighted by Crippen LogP contribution is 2.30. The molecule has 1 aliphatic heterocycles. The zero-order chi connectivity index (χ0) is 18.8. The van der Waals surface area contributed by atoms with Crippen molar-refractivity contribution in [2.45, 2.75) is 19.8 Å². The third-order valence-electron chi connectivity index (χ3n) is 4.78. The van der Waals surface area contributed by atoms with E-state index in [0.717, 1.165) is 42.7 Å². The number of hydrogen-bond acceptors (Lipinski definition) is 5. The summed E-state index contributed by atoms with van der Waals surface area (Å²) >= 11 is 0. The van der Waals surface area contributed by atoms with Crippen molar-refractivity contribution in [1.29, 1.82) is 5.26 Å². The fraction of sp³-hybridized carbons (Fsp3) is 0.238. The number of halogens is 1. The van der Waals surface area contributed by atoms with Crippen LogP contribution < -0.4 is 5.32 Å². The summed E-state index contributed by atoms with van der Waals surface area (Å²) in [6, 6.07) is 13.1. The maximum absolute atomic E-state index is 13.1. The first-order valence-electron chi connectivity index (χ1n) is 8.98. The highest BCUT2D eigenvalue weighted by molar-refractivity contribution is 6.07. The van der Waals surface area contributed by atoms with Crippen LogP contribution in [-0.4, -0.2) is 33.9 Å². The van der Waals surface area contributed by atoms with Crippen LogP contribution in [0.25, 0.3) is 11.0 Å². The van der Waals surface area contributed by atoms with Crippen LogP contribution in [0.5, 0.6) is 0 Å². The van der Waals surface area contributed by atoms with Gasteiger partial charge in [0.25, 0.3) is 5.91 Å². The van der Waals surface area contributed by atoms with Crippen molar-refractivity contribution >= 4 is 40.7 Å². The van der Waals surface area contributed by atoms with Gasteiger partial charge in [-0.15, -0.1) is 12.4 Å². The third-order valence-corrected chi connectivity index (χ3v) is 4.78. The lowest BCUT2D eigenvalue weighted by Crippen LogP contribution is -2.28. The molecule has 3 aromatic rings. The van der Waals surface area contributed by atoms with Crippen LogP contribution in [0.15, 0.2) is 42.6 Å². The maximum atomic E-state index is 13.1. The average molecular weight is 394 g/mol. The molecule has 6 nitrogen and oxygen atoms in total. The van der Waals surface area contributed by atoms with Gasteiger partial charge in [0.2, 0.25) is 0 Å². The molecule has 1 fully saturated rings. The number of hydrogen-bond donors (Lipinski definition) is 1. The number of rotatable bonds is 3. The monoisotopic (exact) mass is 393 g/mol. The Morgan fingerprint density at radius 3 is 2.54 bits per heavy atom. The van der Waals surface area contributed by atoms with Crippen LogP contribution in [0.2, 0.25) is 0 Å². The van der Waals surface area contributed by atoms with Crippen LogP contribution in [0.1, 0.15) is 34.5 Å². The van der Waals surface area contributed by atoms with Crippen molar-refractivity contribution < 1.29 is 4.79 Å². The molecule has 7 heteroatoms. The molecule has 0 unspecified atom stereocenters. The van der Waals surface area contributed by atoms with Crippen LogP contribution in [-0.2, 0) is 0 Å². The highest BCUT2D eigenvalue weighted by atomic mass is 35.5. The second-order valence-electron chi connectivity index (χ2n) is 6.68. The van der Waals surface area contributed by atoms with Crippen molar-refractivity contribution in [2.24, 2.45) is 0 Å². The molecule has 3 heterocycles. The number of nitrogens with zero attached hydrogens (tertiary/aromatic N) is 4. The summed E-state index contributed by atoms with van der Waals surface area (Å²) in [6.45, 7) is 3.47. The van der Waals surface area contributed by atoms with E-state index in [1.807, 2.05) is 36.1 Å². The number of benzene rings is 1. The topological polar surface area (TPSA) is 81.9 Å². The summed E-state index contributed by atoms with van der Waals surface area (Å²) in [5.41, 5.74) is 4.11. The van der Waals surface area contributed by atoms with Gasteiger partial charge in [0.1, 0.15) is 0 Å². The predicted octanol–water partition coefficient (Wildman–Crippen LogP) is 4.21. The van der Waals surface area contributed by atoms with Gasteiger partial charge in [-0.1, -0.05) is 0 Å². The molecule has 0 saturated carbocycles. The SMILES string of the molecule is Cc1ccc2c(Nc3ccc(C#N)cc3)c(C(=O)N3CCCC3)cnc2n1.Cl. The Hall–Kier alpha value is -3.17. The lowest BCUT2D eigenvalue weighted by atomic mass is 10.1. The van der Waals surface area contributed by atoms with Gasteiger partial charge in [0.05, 0.1) is 22.9 Å².